The number of nitrogens with zero attached hydrogens (tertiary/aromatic N) is 3. The van der Waals surface area contributed by atoms with E-state index < -0.39 is 5.82 Å². The highest BCUT2D eigenvalue weighted by atomic mass is 35.5. The minimum absolute atomic E-state index is 0.166. The molecule has 12 heavy (non-hydrogen) atoms. The largest absolute Gasteiger partial charge is 0.244 e. The van der Waals surface area contributed by atoms with Crippen molar-refractivity contribution in [3.63, 3.8) is 0 Å². The molecule has 0 aliphatic carbocycles. The Hall–Kier alpha value is -1.29. The number of hydrogen-bond donors (Lipinski definition) is 0. The van der Waals surface area contributed by atoms with E-state index in [2.05, 4.69) is 15.0 Å². The summed E-state index contributed by atoms with van der Waals surface area (Å²) in [5, 5.41) is 0.376. The van der Waals surface area contributed by atoms with Gasteiger partial charge in [0.25, 0.3) is 0 Å². The Balaban J connectivity index is 2.91. The van der Waals surface area contributed by atoms with E-state index in [1.165, 1.54) is 18.7 Å². The van der Waals surface area contributed by atoms with E-state index >= 15 is 0 Å². The first-order chi connectivity index (χ1) is 5.79. The smallest absolute Gasteiger partial charge is 0.186 e. The molecule has 0 aromatic carbocycles. The molecule has 2 aromatic rings. The molecular formula is C7H3ClFN3. The number of hydrogen-bond acceptors (Lipinski definition) is 3. The molecule has 0 spiro atoms. The van der Waals surface area contributed by atoms with Crippen LogP contribution >= 0.6 is 11.6 Å². The van der Waals surface area contributed by atoms with Gasteiger partial charge >= 0.3 is 0 Å². The van der Waals surface area contributed by atoms with Crippen molar-refractivity contribution in [2.75, 3.05) is 0 Å². The zero-order chi connectivity index (χ0) is 8.55. The quantitative estimate of drug-likeness (QED) is 0.585. The minimum atomic E-state index is -0.600. The van der Waals surface area contributed by atoms with Gasteiger partial charge in [0.2, 0.25) is 0 Å². The van der Waals surface area contributed by atoms with Gasteiger partial charge in [0, 0.05) is 17.8 Å². The zero-order valence-electron chi connectivity index (χ0n) is 5.83. The Bertz CT molecular complexity index is 432. The molecule has 60 valence electrons. The molecule has 0 unspecified atom stereocenters. The summed E-state index contributed by atoms with van der Waals surface area (Å²) in [4.78, 5) is 11.1. The molecule has 0 amide bonds. The standard InChI is InChI=1S/C7H3ClFN3/c8-7-5(9)6-4(2-11-7)1-10-3-12-6/h1-3H. The first kappa shape index (κ1) is 7.36. The van der Waals surface area contributed by atoms with Crippen LogP contribution in [0.4, 0.5) is 4.39 Å². The molecule has 2 heterocycles. The lowest BCUT2D eigenvalue weighted by Gasteiger charge is -1.96. The van der Waals surface area contributed by atoms with Crippen LogP contribution in [0.25, 0.3) is 10.9 Å². The summed E-state index contributed by atoms with van der Waals surface area (Å²) < 4.78 is 13.1. The Morgan fingerprint density at radius 3 is 2.92 bits per heavy atom. The maximum atomic E-state index is 13.1. The lowest BCUT2D eigenvalue weighted by molar-refractivity contribution is 0.631. The van der Waals surface area contributed by atoms with Crippen LogP contribution in [0.3, 0.4) is 0 Å². The first-order valence-electron chi connectivity index (χ1n) is 3.19. The third-order valence-corrected chi connectivity index (χ3v) is 1.71. The highest BCUT2D eigenvalue weighted by molar-refractivity contribution is 6.30. The highest BCUT2D eigenvalue weighted by Gasteiger charge is 2.06. The second kappa shape index (κ2) is 2.64. The molecule has 2 aromatic heterocycles. The number of aromatic nitrogens is 3. The van der Waals surface area contributed by atoms with Gasteiger partial charge in [-0.1, -0.05) is 11.6 Å². The van der Waals surface area contributed by atoms with Crippen molar-refractivity contribution in [2.45, 2.75) is 0 Å². The molecule has 0 bridgehead atoms. The van der Waals surface area contributed by atoms with Gasteiger partial charge in [-0.2, -0.15) is 0 Å². The predicted molar refractivity (Wildman–Crippen MR) is 42.3 cm³/mol. The Labute approximate surface area is 72.2 Å². The maximum Gasteiger partial charge on any atom is 0.186 e. The third kappa shape index (κ3) is 1.00. The summed E-state index contributed by atoms with van der Waals surface area (Å²) in [5.41, 5.74) is 0.199. The third-order valence-electron chi connectivity index (χ3n) is 1.45. The van der Waals surface area contributed by atoms with Crippen LogP contribution in [-0.4, -0.2) is 15.0 Å². The molecule has 0 radical (unpaired) electrons. The number of rotatable bonds is 0. The summed E-state index contributed by atoms with van der Waals surface area (Å²) in [6.07, 6.45) is 4.18. The Kier molecular flexibility index (Phi) is 1.62. The molecule has 5 heteroatoms. The van der Waals surface area contributed by atoms with Gasteiger partial charge in [-0.25, -0.2) is 19.3 Å². The van der Waals surface area contributed by atoms with Gasteiger partial charge in [0.15, 0.2) is 11.0 Å². The summed E-state index contributed by atoms with van der Waals surface area (Å²) in [6, 6.07) is 0. The van der Waals surface area contributed by atoms with E-state index in [9.17, 15) is 4.39 Å². The van der Waals surface area contributed by atoms with E-state index in [4.69, 9.17) is 11.6 Å². The van der Waals surface area contributed by atoms with Crippen LogP contribution in [-0.2, 0) is 0 Å². The number of pyridine rings is 1. The molecule has 3 nitrogen and oxygen atoms in total. The summed E-state index contributed by atoms with van der Waals surface area (Å²) in [7, 11) is 0. The van der Waals surface area contributed by atoms with Crippen LogP contribution in [0.15, 0.2) is 18.7 Å². The lowest BCUT2D eigenvalue weighted by atomic mass is 10.3. The number of halogens is 2. The molecule has 0 atom stereocenters. The summed E-state index contributed by atoms with van der Waals surface area (Å²) in [5.74, 6) is -0.600. The minimum Gasteiger partial charge on any atom is -0.244 e. The van der Waals surface area contributed by atoms with Crippen molar-refractivity contribution in [1.82, 2.24) is 15.0 Å². The molecule has 0 aliphatic heterocycles. The van der Waals surface area contributed by atoms with E-state index in [-0.39, 0.29) is 10.7 Å². The Morgan fingerprint density at radius 2 is 2.08 bits per heavy atom. The van der Waals surface area contributed by atoms with Crippen molar-refractivity contribution in [1.29, 1.82) is 0 Å². The fourth-order valence-corrected chi connectivity index (χ4v) is 1.04. The van der Waals surface area contributed by atoms with Gasteiger partial charge in [-0.05, 0) is 0 Å². The van der Waals surface area contributed by atoms with Gasteiger partial charge in [0.1, 0.15) is 11.8 Å². The fraction of sp³-hybridized carbons (Fsp3) is 0. The summed E-state index contributed by atoms with van der Waals surface area (Å²) >= 11 is 5.44. The van der Waals surface area contributed by atoms with Crippen molar-refractivity contribution in [3.8, 4) is 0 Å². The van der Waals surface area contributed by atoms with Crippen molar-refractivity contribution in [2.24, 2.45) is 0 Å². The van der Waals surface area contributed by atoms with Crippen LogP contribution < -0.4 is 0 Å². The molecule has 0 saturated heterocycles. The molecule has 0 N–H and O–H groups in total. The lowest BCUT2D eigenvalue weighted by Crippen LogP contribution is -1.89. The van der Waals surface area contributed by atoms with Crippen molar-refractivity contribution in [3.05, 3.63) is 29.7 Å². The first-order valence-corrected chi connectivity index (χ1v) is 3.56. The van der Waals surface area contributed by atoms with Gasteiger partial charge in [-0.3, -0.25) is 0 Å². The molecule has 0 saturated carbocycles. The molecular weight excluding hydrogens is 181 g/mol. The van der Waals surface area contributed by atoms with Gasteiger partial charge in [-0.15, -0.1) is 0 Å². The van der Waals surface area contributed by atoms with Crippen LogP contribution in [0, 0.1) is 5.82 Å². The van der Waals surface area contributed by atoms with E-state index in [0.29, 0.717) is 5.39 Å². The van der Waals surface area contributed by atoms with E-state index in [0.717, 1.165) is 0 Å². The fourth-order valence-electron chi connectivity index (χ4n) is 0.899. The molecule has 0 aliphatic rings. The van der Waals surface area contributed by atoms with E-state index in [1.54, 1.807) is 0 Å². The maximum absolute atomic E-state index is 13.1. The number of fused-ring (bicyclic) bond motifs is 1. The average molecular weight is 184 g/mol. The average Bonchev–Trinajstić information content (AvgIpc) is 2.12. The summed E-state index contributed by atoms with van der Waals surface area (Å²) in [6.45, 7) is 0. The second-order valence-corrected chi connectivity index (χ2v) is 2.55. The zero-order valence-corrected chi connectivity index (χ0v) is 6.59. The predicted octanol–water partition coefficient (Wildman–Crippen LogP) is 1.82. The van der Waals surface area contributed by atoms with Crippen molar-refractivity contribution < 1.29 is 4.39 Å². The molecule has 0 fully saturated rings. The molecule has 2 rings (SSSR count). The van der Waals surface area contributed by atoms with Crippen LogP contribution in [0.1, 0.15) is 0 Å². The normalized spacial score (nSPS) is 10.5. The Morgan fingerprint density at radius 1 is 1.25 bits per heavy atom. The highest BCUT2D eigenvalue weighted by Crippen LogP contribution is 2.18. The second-order valence-electron chi connectivity index (χ2n) is 2.19. The van der Waals surface area contributed by atoms with E-state index in [1.807, 2.05) is 0 Å². The van der Waals surface area contributed by atoms with Gasteiger partial charge < -0.3 is 0 Å². The topological polar surface area (TPSA) is 38.7 Å². The van der Waals surface area contributed by atoms with Crippen LogP contribution in [0.2, 0.25) is 5.15 Å². The SMILES string of the molecule is Fc1c(Cl)ncc2cncnc12. The monoisotopic (exact) mass is 183 g/mol. The van der Waals surface area contributed by atoms with Crippen molar-refractivity contribution >= 4 is 22.5 Å². The van der Waals surface area contributed by atoms with Gasteiger partial charge in [0.05, 0.1) is 0 Å². The van der Waals surface area contributed by atoms with Crippen LogP contribution in [0.5, 0.6) is 0 Å².